The molecule has 4 rings (SSSR count). The van der Waals surface area contributed by atoms with E-state index in [0.29, 0.717) is 17.9 Å². The molecule has 1 aliphatic rings. The van der Waals surface area contributed by atoms with Crippen LogP contribution in [0.5, 0.6) is 0 Å². The third-order valence-electron chi connectivity index (χ3n) is 5.47. The predicted molar refractivity (Wildman–Crippen MR) is 177 cm³/mol. The summed E-state index contributed by atoms with van der Waals surface area (Å²) in [5.74, 6) is 2.36. The second-order valence-electron chi connectivity index (χ2n) is 16.2. The molecular formula is C33H58N6O4S. The van der Waals surface area contributed by atoms with Gasteiger partial charge < -0.3 is 19.0 Å². The van der Waals surface area contributed by atoms with Crippen LogP contribution in [0.1, 0.15) is 123 Å². The number of aryl methyl sites for hydroxylation is 3. The van der Waals surface area contributed by atoms with Gasteiger partial charge in [0, 0.05) is 32.3 Å². The van der Waals surface area contributed by atoms with Crippen molar-refractivity contribution in [2.24, 2.45) is 21.7 Å². The summed E-state index contributed by atoms with van der Waals surface area (Å²) in [6.45, 7) is 32.4. The van der Waals surface area contributed by atoms with E-state index in [0.717, 1.165) is 53.0 Å². The fourth-order valence-corrected chi connectivity index (χ4v) is 4.99. The summed E-state index contributed by atoms with van der Waals surface area (Å²) < 4.78 is 15.3. The van der Waals surface area contributed by atoms with Gasteiger partial charge in [0.2, 0.25) is 11.8 Å². The highest BCUT2D eigenvalue weighted by Crippen LogP contribution is 2.24. The quantitative estimate of drug-likeness (QED) is 0.300. The van der Waals surface area contributed by atoms with Crippen LogP contribution in [0.4, 0.5) is 4.79 Å². The maximum atomic E-state index is 10.6. The van der Waals surface area contributed by atoms with Gasteiger partial charge in [-0.3, -0.25) is 0 Å². The molecule has 0 spiro atoms. The van der Waals surface area contributed by atoms with Crippen LogP contribution < -0.4 is 5.32 Å². The van der Waals surface area contributed by atoms with Gasteiger partial charge in [-0.15, -0.1) is 31.7 Å². The highest BCUT2D eigenvalue weighted by molar-refractivity contribution is 7.11. The molecule has 1 aliphatic heterocycles. The van der Waals surface area contributed by atoms with Gasteiger partial charge in [0.1, 0.15) is 21.9 Å². The normalized spacial score (nSPS) is 15.2. The van der Waals surface area contributed by atoms with Crippen molar-refractivity contribution in [2.75, 3.05) is 6.54 Å². The third kappa shape index (κ3) is 20.2. The Balaban J connectivity index is 0.000000293. The number of amides is 1. The van der Waals surface area contributed by atoms with Crippen LogP contribution in [0.25, 0.3) is 0 Å². The van der Waals surface area contributed by atoms with Gasteiger partial charge >= 0.3 is 6.09 Å². The van der Waals surface area contributed by atoms with E-state index >= 15 is 0 Å². The summed E-state index contributed by atoms with van der Waals surface area (Å²) in [6.07, 6.45) is 3.54. The molecule has 1 atom stereocenters. The van der Waals surface area contributed by atoms with E-state index in [1.54, 1.807) is 18.3 Å². The van der Waals surface area contributed by atoms with E-state index in [-0.39, 0.29) is 28.4 Å². The Labute approximate surface area is 269 Å². The number of ether oxygens (including phenoxy) is 1. The average molecular weight is 635 g/mol. The fourth-order valence-electron chi connectivity index (χ4n) is 3.98. The molecule has 3 aromatic heterocycles. The zero-order chi connectivity index (χ0) is 33.9. The van der Waals surface area contributed by atoms with Crippen molar-refractivity contribution in [3.05, 3.63) is 39.3 Å². The van der Waals surface area contributed by atoms with Crippen LogP contribution in [0, 0.1) is 42.4 Å². The number of cyclic esters (lactones) is 1. The minimum atomic E-state index is -0.278. The van der Waals surface area contributed by atoms with Gasteiger partial charge in [-0.2, -0.15) is 0 Å². The first kappa shape index (κ1) is 39.2. The second kappa shape index (κ2) is 16.5. The molecule has 1 saturated heterocycles. The molecule has 10 nitrogen and oxygen atoms in total. The molecular weight excluding hydrogens is 576 g/mol. The van der Waals surface area contributed by atoms with Gasteiger partial charge in [-0.25, -0.2) is 4.79 Å². The number of nitrogens with zero attached hydrogens (tertiary/aromatic N) is 5. The Morgan fingerprint density at radius 2 is 1.39 bits per heavy atom. The zero-order valence-electron chi connectivity index (χ0n) is 30.0. The highest BCUT2D eigenvalue weighted by atomic mass is 32.1. The van der Waals surface area contributed by atoms with Crippen LogP contribution in [-0.2, 0) is 24.0 Å². The van der Waals surface area contributed by atoms with Gasteiger partial charge in [0.25, 0.3) is 0 Å². The Kier molecular flexibility index (Phi) is 14.7. The standard InChI is InChI=1S/C9H15NO.C8H14N2O.C8H14N2S.C8H15NO2/c1-7-5-8(11-10-7)6-9(2,3)4;2*1-6-9-10-7(11-6)5-8(2,3)4;1-8(2,3)4-6-5-9-7(10)11-6/h5H,6H2,1-4H3;2*5H2,1-4H3;6H,4-5H2,1-3H3,(H,9,10). The molecule has 0 aliphatic carbocycles. The van der Waals surface area contributed by atoms with E-state index < -0.39 is 0 Å². The van der Waals surface area contributed by atoms with Crippen molar-refractivity contribution < 1.29 is 18.5 Å². The molecule has 4 heterocycles. The van der Waals surface area contributed by atoms with Crippen molar-refractivity contribution in [3.63, 3.8) is 0 Å². The van der Waals surface area contributed by atoms with E-state index in [9.17, 15) is 4.79 Å². The van der Waals surface area contributed by atoms with Gasteiger partial charge in [-0.05, 0) is 41.9 Å². The summed E-state index contributed by atoms with van der Waals surface area (Å²) in [5.41, 5.74) is 2.03. The Morgan fingerprint density at radius 1 is 0.795 bits per heavy atom. The molecule has 0 saturated carbocycles. The van der Waals surface area contributed by atoms with Crippen molar-refractivity contribution in [1.29, 1.82) is 0 Å². The molecule has 0 radical (unpaired) electrons. The number of carbonyl (C=O) groups excluding carboxylic acids is 1. The predicted octanol–water partition coefficient (Wildman–Crippen LogP) is 8.50. The smallest absolute Gasteiger partial charge is 0.407 e. The Hall–Kier alpha value is -2.82. The first-order valence-corrected chi connectivity index (χ1v) is 16.2. The number of nitrogens with one attached hydrogen (secondary N) is 1. The maximum absolute atomic E-state index is 10.6. The molecule has 250 valence electrons. The molecule has 1 fully saturated rings. The zero-order valence-corrected chi connectivity index (χ0v) is 30.8. The van der Waals surface area contributed by atoms with Gasteiger partial charge in [0.05, 0.1) is 12.2 Å². The molecule has 1 amide bonds. The van der Waals surface area contributed by atoms with Crippen LogP contribution >= 0.6 is 11.3 Å². The lowest BCUT2D eigenvalue weighted by atomic mass is 9.89. The van der Waals surface area contributed by atoms with Gasteiger partial charge in [0.15, 0.2) is 0 Å². The summed E-state index contributed by atoms with van der Waals surface area (Å²) in [7, 11) is 0. The summed E-state index contributed by atoms with van der Waals surface area (Å²) in [4.78, 5) is 10.6. The molecule has 11 heteroatoms. The Morgan fingerprint density at radius 3 is 1.75 bits per heavy atom. The minimum Gasteiger partial charge on any atom is -0.444 e. The summed E-state index contributed by atoms with van der Waals surface area (Å²) in [6, 6.07) is 1.99. The lowest BCUT2D eigenvalue weighted by Gasteiger charge is -2.20. The Bertz CT molecular complexity index is 1130. The van der Waals surface area contributed by atoms with Crippen LogP contribution in [0.2, 0.25) is 0 Å². The lowest BCUT2D eigenvalue weighted by Crippen LogP contribution is -2.21. The molecule has 1 N–H and O–H groups in total. The van der Waals surface area contributed by atoms with Crippen molar-refractivity contribution in [1.82, 2.24) is 30.9 Å². The summed E-state index contributed by atoms with van der Waals surface area (Å²) in [5, 5.41) is 24.4. The summed E-state index contributed by atoms with van der Waals surface area (Å²) >= 11 is 1.69. The number of alkyl carbamates (subject to hydrolysis) is 1. The van der Waals surface area contributed by atoms with E-state index in [4.69, 9.17) is 13.7 Å². The fraction of sp³-hybridized carbons (Fsp3) is 0.758. The van der Waals surface area contributed by atoms with Crippen molar-refractivity contribution in [3.8, 4) is 0 Å². The SMILES string of the molecule is CC(C)(C)CC1CNC(=O)O1.Cc1cc(CC(C)(C)C)on1.Cc1nnc(CC(C)(C)C)o1.Cc1nnc(CC(C)(C)C)s1. The molecule has 1 unspecified atom stereocenters. The second-order valence-corrected chi connectivity index (χ2v) is 17.5. The molecule has 3 aromatic rings. The topological polar surface area (TPSA) is 129 Å². The average Bonchev–Trinajstić information content (AvgIpc) is 3.57. The number of carbonyl (C=O) groups is 1. The van der Waals surface area contributed by atoms with Gasteiger partial charge in [-0.1, -0.05) is 88.2 Å². The van der Waals surface area contributed by atoms with E-state index in [2.05, 4.69) is 114 Å². The van der Waals surface area contributed by atoms with E-state index in [1.807, 2.05) is 19.9 Å². The molecule has 0 aromatic carbocycles. The first-order chi connectivity index (χ1) is 19.9. The van der Waals surface area contributed by atoms with Crippen molar-refractivity contribution in [2.45, 2.75) is 136 Å². The van der Waals surface area contributed by atoms with E-state index in [1.165, 1.54) is 0 Å². The van der Waals surface area contributed by atoms with Crippen molar-refractivity contribution >= 4 is 17.4 Å². The highest BCUT2D eigenvalue weighted by Gasteiger charge is 2.27. The lowest BCUT2D eigenvalue weighted by molar-refractivity contribution is 0.114. The monoisotopic (exact) mass is 634 g/mol. The number of aromatic nitrogens is 5. The number of hydrogen-bond acceptors (Lipinski definition) is 10. The molecule has 0 bridgehead atoms. The molecule has 44 heavy (non-hydrogen) atoms. The first-order valence-electron chi connectivity index (χ1n) is 15.3. The minimum absolute atomic E-state index is 0.0718. The number of hydrogen-bond donors (Lipinski definition) is 1. The largest absolute Gasteiger partial charge is 0.444 e. The van der Waals surface area contributed by atoms with Crippen LogP contribution in [-0.4, -0.2) is 44.3 Å². The maximum Gasteiger partial charge on any atom is 0.407 e. The van der Waals surface area contributed by atoms with Crippen LogP contribution in [0.15, 0.2) is 15.0 Å². The number of rotatable bonds is 4. The third-order valence-corrected chi connectivity index (χ3v) is 6.31. The van der Waals surface area contributed by atoms with Crippen LogP contribution in [0.3, 0.4) is 0 Å².